The summed E-state index contributed by atoms with van der Waals surface area (Å²) in [6, 6.07) is 3.44. The van der Waals surface area contributed by atoms with E-state index in [1.54, 1.807) is 0 Å². The van der Waals surface area contributed by atoms with Crippen molar-refractivity contribution in [3.05, 3.63) is 52.9 Å². The summed E-state index contributed by atoms with van der Waals surface area (Å²) in [6.45, 7) is 0. The maximum atomic E-state index is 13.0. The predicted octanol–water partition coefficient (Wildman–Crippen LogP) is 4.49. The van der Waals surface area contributed by atoms with Crippen molar-refractivity contribution in [3.8, 4) is 11.6 Å². The highest BCUT2D eigenvalue weighted by molar-refractivity contribution is 7.98. The van der Waals surface area contributed by atoms with Crippen molar-refractivity contribution in [2.75, 3.05) is 0 Å². The molecule has 0 N–H and O–H groups in total. The Morgan fingerprint density at radius 3 is 2.71 bits per heavy atom. The second-order valence-corrected chi connectivity index (χ2v) is 5.91. The molecule has 0 saturated carbocycles. The van der Waals surface area contributed by atoms with Crippen LogP contribution in [0.3, 0.4) is 0 Å². The zero-order valence-corrected chi connectivity index (χ0v) is 13.4. The van der Waals surface area contributed by atoms with Crippen LogP contribution < -0.4 is 0 Å². The first-order chi connectivity index (χ1) is 11.4. The number of hydrogen-bond donors (Lipinski definition) is 0. The molecule has 0 saturated heterocycles. The Hall–Kier alpha value is -2.13. The standard InChI is InChI=1S/C14H8ClF3N4OS/c15-9-1-2-10(14(16,17)18)8(5-9)7-24-13-22-21-12(23-13)11-6-19-3-4-20-11/h1-6H,7H2. The zero-order chi connectivity index (χ0) is 17.2. The Bertz CT molecular complexity index is 842. The van der Waals surface area contributed by atoms with E-state index < -0.39 is 11.7 Å². The molecule has 0 aliphatic heterocycles. The molecule has 0 amide bonds. The van der Waals surface area contributed by atoms with Gasteiger partial charge in [0.05, 0.1) is 11.8 Å². The highest BCUT2D eigenvalue weighted by Crippen LogP contribution is 2.36. The van der Waals surface area contributed by atoms with Crippen LogP contribution in [0.2, 0.25) is 5.02 Å². The fraction of sp³-hybridized carbons (Fsp3) is 0.143. The van der Waals surface area contributed by atoms with Crippen molar-refractivity contribution in [2.45, 2.75) is 17.2 Å². The highest BCUT2D eigenvalue weighted by Gasteiger charge is 2.33. The molecular weight excluding hydrogens is 365 g/mol. The first-order valence-corrected chi connectivity index (χ1v) is 7.88. The lowest BCUT2D eigenvalue weighted by atomic mass is 10.1. The Kier molecular flexibility index (Phi) is 4.72. The van der Waals surface area contributed by atoms with Gasteiger partial charge in [-0.25, -0.2) is 4.98 Å². The lowest BCUT2D eigenvalue weighted by Crippen LogP contribution is -2.08. The predicted molar refractivity (Wildman–Crippen MR) is 81.3 cm³/mol. The summed E-state index contributed by atoms with van der Waals surface area (Å²) in [5.41, 5.74) is -0.317. The van der Waals surface area contributed by atoms with Gasteiger partial charge < -0.3 is 4.42 Å². The largest absolute Gasteiger partial charge is 0.416 e. The number of nitrogens with zero attached hydrogens (tertiary/aromatic N) is 4. The molecule has 2 aromatic heterocycles. The third kappa shape index (κ3) is 3.85. The number of alkyl halides is 3. The summed E-state index contributed by atoms with van der Waals surface area (Å²) >= 11 is 6.77. The van der Waals surface area contributed by atoms with E-state index >= 15 is 0 Å². The maximum Gasteiger partial charge on any atom is 0.416 e. The molecule has 10 heteroatoms. The lowest BCUT2D eigenvalue weighted by Gasteiger charge is -2.12. The molecule has 124 valence electrons. The van der Waals surface area contributed by atoms with Crippen LogP contribution in [0.1, 0.15) is 11.1 Å². The summed E-state index contributed by atoms with van der Waals surface area (Å²) in [5.74, 6) is 0.130. The van der Waals surface area contributed by atoms with Crippen molar-refractivity contribution in [1.29, 1.82) is 0 Å². The molecule has 0 fully saturated rings. The Morgan fingerprint density at radius 2 is 2.00 bits per heavy atom. The minimum Gasteiger partial charge on any atom is -0.410 e. The molecule has 0 radical (unpaired) electrons. The van der Waals surface area contributed by atoms with Gasteiger partial charge >= 0.3 is 6.18 Å². The molecule has 0 aliphatic carbocycles. The summed E-state index contributed by atoms with van der Waals surface area (Å²) < 4.78 is 44.4. The van der Waals surface area contributed by atoms with Crippen molar-refractivity contribution < 1.29 is 17.6 Å². The zero-order valence-electron chi connectivity index (χ0n) is 11.8. The molecule has 3 rings (SSSR count). The van der Waals surface area contributed by atoms with Crippen LogP contribution in [-0.2, 0) is 11.9 Å². The lowest BCUT2D eigenvalue weighted by molar-refractivity contribution is -0.138. The SMILES string of the molecule is FC(F)(F)c1ccc(Cl)cc1CSc1nnc(-c2cnccn2)o1. The van der Waals surface area contributed by atoms with E-state index in [1.165, 1.54) is 30.7 Å². The Morgan fingerprint density at radius 1 is 1.17 bits per heavy atom. The van der Waals surface area contributed by atoms with Gasteiger partial charge in [-0.15, -0.1) is 10.2 Å². The van der Waals surface area contributed by atoms with Crippen LogP contribution in [0, 0.1) is 0 Å². The number of thioether (sulfide) groups is 1. The molecule has 0 bridgehead atoms. The average Bonchev–Trinajstić information content (AvgIpc) is 3.01. The van der Waals surface area contributed by atoms with Crippen LogP contribution in [0.25, 0.3) is 11.6 Å². The second-order valence-electron chi connectivity index (χ2n) is 4.55. The summed E-state index contributed by atoms with van der Waals surface area (Å²) in [5, 5.41) is 7.94. The van der Waals surface area contributed by atoms with Crippen molar-refractivity contribution in [1.82, 2.24) is 20.2 Å². The minimum absolute atomic E-state index is 0.0164. The van der Waals surface area contributed by atoms with Crippen molar-refractivity contribution in [2.24, 2.45) is 0 Å². The molecule has 0 unspecified atom stereocenters. The van der Waals surface area contributed by atoms with E-state index in [-0.39, 0.29) is 27.5 Å². The third-order valence-corrected chi connectivity index (χ3v) is 4.01. The monoisotopic (exact) mass is 372 g/mol. The fourth-order valence-corrected chi connectivity index (χ4v) is 2.83. The van der Waals surface area contributed by atoms with Crippen LogP contribution in [0.5, 0.6) is 0 Å². The number of halogens is 4. The van der Waals surface area contributed by atoms with E-state index in [4.69, 9.17) is 16.0 Å². The van der Waals surface area contributed by atoms with E-state index in [9.17, 15) is 13.2 Å². The van der Waals surface area contributed by atoms with Gasteiger partial charge in [-0.3, -0.25) is 4.98 Å². The highest BCUT2D eigenvalue weighted by atomic mass is 35.5. The number of benzene rings is 1. The molecule has 5 nitrogen and oxygen atoms in total. The normalized spacial score (nSPS) is 11.7. The fourth-order valence-electron chi connectivity index (χ4n) is 1.88. The molecule has 24 heavy (non-hydrogen) atoms. The molecule has 0 aliphatic rings. The first kappa shape index (κ1) is 16.7. The summed E-state index contributed by atoms with van der Waals surface area (Å²) in [7, 11) is 0. The maximum absolute atomic E-state index is 13.0. The molecule has 0 spiro atoms. The first-order valence-electron chi connectivity index (χ1n) is 6.52. The van der Waals surface area contributed by atoms with Crippen LogP contribution in [0.15, 0.2) is 46.4 Å². The van der Waals surface area contributed by atoms with Gasteiger partial charge in [0.15, 0.2) is 0 Å². The van der Waals surface area contributed by atoms with Crippen molar-refractivity contribution in [3.63, 3.8) is 0 Å². The van der Waals surface area contributed by atoms with Crippen LogP contribution in [0.4, 0.5) is 13.2 Å². The molecule has 0 atom stereocenters. The van der Waals surface area contributed by atoms with Gasteiger partial charge in [0.2, 0.25) is 0 Å². The smallest absolute Gasteiger partial charge is 0.410 e. The second kappa shape index (κ2) is 6.78. The van der Waals surface area contributed by atoms with E-state index in [0.717, 1.165) is 17.8 Å². The van der Waals surface area contributed by atoms with Gasteiger partial charge in [-0.1, -0.05) is 23.4 Å². The quantitative estimate of drug-likeness (QED) is 0.629. The van der Waals surface area contributed by atoms with Gasteiger partial charge in [-0.2, -0.15) is 13.2 Å². The van der Waals surface area contributed by atoms with Crippen LogP contribution >= 0.6 is 23.4 Å². The van der Waals surface area contributed by atoms with E-state index in [1.807, 2.05) is 0 Å². The molecule has 2 heterocycles. The summed E-state index contributed by atoms with van der Waals surface area (Å²) in [4.78, 5) is 7.88. The number of aromatic nitrogens is 4. The molecule has 1 aromatic carbocycles. The number of rotatable bonds is 4. The van der Waals surface area contributed by atoms with E-state index in [2.05, 4.69) is 20.2 Å². The van der Waals surface area contributed by atoms with Crippen LogP contribution in [-0.4, -0.2) is 20.2 Å². The van der Waals surface area contributed by atoms with E-state index in [0.29, 0.717) is 5.69 Å². The molecule has 3 aromatic rings. The minimum atomic E-state index is -4.46. The topological polar surface area (TPSA) is 64.7 Å². The molecular formula is C14H8ClF3N4OS. The summed E-state index contributed by atoms with van der Waals surface area (Å²) in [6.07, 6.45) is -0.0535. The Labute approximate surface area is 143 Å². The number of hydrogen-bond acceptors (Lipinski definition) is 6. The van der Waals surface area contributed by atoms with Crippen molar-refractivity contribution >= 4 is 23.4 Å². The average molecular weight is 373 g/mol. The van der Waals surface area contributed by atoms with Gasteiger partial charge in [0.25, 0.3) is 11.1 Å². The Balaban J connectivity index is 1.77. The third-order valence-electron chi connectivity index (χ3n) is 2.91. The van der Waals surface area contributed by atoms with Gasteiger partial charge in [0.1, 0.15) is 5.69 Å². The van der Waals surface area contributed by atoms with Gasteiger partial charge in [0, 0.05) is 23.2 Å². The van der Waals surface area contributed by atoms with Gasteiger partial charge in [-0.05, 0) is 23.8 Å².